The molecule has 2 nitrogen and oxygen atoms in total. The summed E-state index contributed by atoms with van der Waals surface area (Å²) in [4.78, 5) is 2.60. The molecule has 1 aliphatic rings. The summed E-state index contributed by atoms with van der Waals surface area (Å²) in [6.07, 6.45) is 4.71. The van der Waals surface area contributed by atoms with Crippen molar-refractivity contribution in [3.05, 3.63) is 65.2 Å². The SMILES string of the molecule is Nc1cccc(CCCN2CCc3ccccc3CC2)c1. The Labute approximate surface area is 127 Å². The molecular formula is C19H24N2. The second-order valence-corrected chi connectivity index (χ2v) is 5.96. The highest BCUT2D eigenvalue weighted by molar-refractivity contribution is 5.40. The average Bonchev–Trinajstić information content (AvgIpc) is 2.70. The van der Waals surface area contributed by atoms with Crippen LogP contribution >= 0.6 is 0 Å². The highest BCUT2D eigenvalue weighted by atomic mass is 15.1. The maximum atomic E-state index is 5.83. The molecule has 0 radical (unpaired) electrons. The molecule has 0 unspecified atom stereocenters. The van der Waals surface area contributed by atoms with E-state index >= 15 is 0 Å². The lowest BCUT2D eigenvalue weighted by Crippen LogP contribution is -2.27. The van der Waals surface area contributed by atoms with Gasteiger partial charge in [-0.1, -0.05) is 36.4 Å². The summed E-state index contributed by atoms with van der Waals surface area (Å²) in [6, 6.07) is 17.2. The Morgan fingerprint density at radius 3 is 2.29 bits per heavy atom. The number of nitrogens with two attached hydrogens (primary N) is 1. The smallest absolute Gasteiger partial charge is 0.0316 e. The number of aryl methyl sites for hydroxylation is 1. The molecule has 2 N–H and O–H groups in total. The summed E-state index contributed by atoms with van der Waals surface area (Å²) in [6.45, 7) is 3.56. The van der Waals surface area contributed by atoms with Crippen LogP contribution in [-0.4, -0.2) is 24.5 Å². The molecule has 0 amide bonds. The fourth-order valence-corrected chi connectivity index (χ4v) is 3.19. The number of nitrogen functional groups attached to an aromatic ring is 1. The second-order valence-electron chi connectivity index (χ2n) is 5.96. The van der Waals surface area contributed by atoms with Crippen molar-refractivity contribution in [2.24, 2.45) is 0 Å². The number of nitrogens with zero attached hydrogens (tertiary/aromatic N) is 1. The van der Waals surface area contributed by atoms with Crippen LogP contribution in [0.5, 0.6) is 0 Å². The number of hydrogen-bond donors (Lipinski definition) is 1. The Morgan fingerprint density at radius 1 is 0.905 bits per heavy atom. The van der Waals surface area contributed by atoms with Crippen LogP contribution in [0.25, 0.3) is 0 Å². The van der Waals surface area contributed by atoms with Crippen molar-refractivity contribution in [1.29, 1.82) is 0 Å². The van der Waals surface area contributed by atoms with E-state index in [0.29, 0.717) is 0 Å². The van der Waals surface area contributed by atoms with E-state index in [1.54, 1.807) is 0 Å². The molecule has 0 aliphatic carbocycles. The lowest BCUT2D eigenvalue weighted by atomic mass is 10.0. The first-order valence-corrected chi connectivity index (χ1v) is 7.95. The molecule has 1 heterocycles. The number of benzene rings is 2. The molecular weight excluding hydrogens is 256 g/mol. The second kappa shape index (κ2) is 6.77. The molecule has 0 fully saturated rings. The third-order valence-corrected chi connectivity index (χ3v) is 4.40. The van der Waals surface area contributed by atoms with Crippen molar-refractivity contribution >= 4 is 5.69 Å². The topological polar surface area (TPSA) is 29.3 Å². The quantitative estimate of drug-likeness (QED) is 0.871. The van der Waals surface area contributed by atoms with Gasteiger partial charge in [0.05, 0.1) is 0 Å². The van der Waals surface area contributed by atoms with Crippen LogP contribution in [0.3, 0.4) is 0 Å². The maximum Gasteiger partial charge on any atom is 0.0316 e. The Kier molecular flexibility index (Phi) is 4.56. The van der Waals surface area contributed by atoms with E-state index in [1.807, 2.05) is 12.1 Å². The van der Waals surface area contributed by atoms with E-state index in [-0.39, 0.29) is 0 Å². The summed E-state index contributed by atoms with van der Waals surface area (Å²) in [5.74, 6) is 0. The largest absolute Gasteiger partial charge is 0.399 e. The first kappa shape index (κ1) is 14.2. The van der Waals surface area contributed by atoms with Gasteiger partial charge in [-0.15, -0.1) is 0 Å². The first-order chi connectivity index (χ1) is 10.3. The van der Waals surface area contributed by atoms with Gasteiger partial charge in [0.15, 0.2) is 0 Å². The minimum absolute atomic E-state index is 0.873. The Morgan fingerprint density at radius 2 is 1.62 bits per heavy atom. The molecule has 2 aromatic rings. The zero-order valence-electron chi connectivity index (χ0n) is 12.6. The maximum absolute atomic E-state index is 5.83. The molecule has 0 spiro atoms. The summed E-state index contributed by atoms with van der Waals surface area (Å²) in [5.41, 5.74) is 11.1. The highest BCUT2D eigenvalue weighted by Crippen LogP contribution is 2.16. The van der Waals surface area contributed by atoms with E-state index in [9.17, 15) is 0 Å². The molecule has 21 heavy (non-hydrogen) atoms. The van der Waals surface area contributed by atoms with E-state index in [1.165, 1.54) is 55.6 Å². The predicted molar refractivity (Wildman–Crippen MR) is 89.5 cm³/mol. The number of hydrogen-bond acceptors (Lipinski definition) is 2. The molecule has 2 heteroatoms. The lowest BCUT2D eigenvalue weighted by molar-refractivity contribution is 0.284. The minimum atomic E-state index is 0.873. The number of rotatable bonds is 4. The third kappa shape index (κ3) is 3.85. The lowest BCUT2D eigenvalue weighted by Gasteiger charge is -2.19. The molecule has 1 aliphatic heterocycles. The molecule has 0 saturated carbocycles. The standard InChI is InChI=1S/C19H24N2/c20-19-9-3-5-16(15-19)6-4-12-21-13-10-17-7-1-2-8-18(17)11-14-21/h1-3,5,7-9,15H,4,6,10-14,20H2. The van der Waals surface area contributed by atoms with Crippen LogP contribution in [0.1, 0.15) is 23.1 Å². The summed E-state index contributed by atoms with van der Waals surface area (Å²) in [5, 5.41) is 0. The van der Waals surface area contributed by atoms with Crippen molar-refractivity contribution in [3.8, 4) is 0 Å². The van der Waals surface area contributed by atoms with Gasteiger partial charge in [-0.2, -0.15) is 0 Å². The van der Waals surface area contributed by atoms with Gasteiger partial charge in [-0.05, 0) is 61.1 Å². The van der Waals surface area contributed by atoms with E-state index in [0.717, 1.165) is 12.1 Å². The molecule has 0 saturated heterocycles. The zero-order valence-corrected chi connectivity index (χ0v) is 12.6. The number of fused-ring (bicyclic) bond motifs is 1. The predicted octanol–water partition coefficient (Wildman–Crippen LogP) is 3.30. The van der Waals surface area contributed by atoms with Crippen molar-refractivity contribution in [2.45, 2.75) is 25.7 Å². The molecule has 110 valence electrons. The van der Waals surface area contributed by atoms with Crippen LogP contribution in [-0.2, 0) is 19.3 Å². The van der Waals surface area contributed by atoms with Crippen molar-refractivity contribution < 1.29 is 0 Å². The summed E-state index contributed by atoms with van der Waals surface area (Å²) < 4.78 is 0. The van der Waals surface area contributed by atoms with Crippen molar-refractivity contribution in [2.75, 3.05) is 25.4 Å². The van der Waals surface area contributed by atoms with Gasteiger partial charge in [0.1, 0.15) is 0 Å². The summed E-state index contributed by atoms with van der Waals surface area (Å²) in [7, 11) is 0. The zero-order chi connectivity index (χ0) is 14.5. The van der Waals surface area contributed by atoms with Crippen LogP contribution in [0.4, 0.5) is 5.69 Å². The first-order valence-electron chi connectivity index (χ1n) is 7.95. The van der Waals surface area contributed by atoms with Gasteiger partial charge in [-0.3, -0.25) is 0 Å². The molecule has 2 aromatic carbocycles. The monoisotopic (exact) mass is 280 g/mol. The van der Waals surface area contributed by atoms with Crippen LogP contribution in [0.15, 0.2) is 48.5 Å². The van der Waals surface area contributed by atoms with Gasteiger partial charge in [0.25, 0.3) is 0 Å². The van der Waals surface area contributed by atoms with Gasteiger partial charge in [0.2, 0.25) is 0 Å². The van der Waals surface area contributed by atoms with Gasteiger partial charge < -0.3 is 10.6 Å². The van der Waals surface area contributed by atoms with E-state index < -0.39 is 0 Å². The van der Waals surface area contributed by atoms with E-state index in [2.05, 4.69) is 41.3 Å². The Hall–Kier alpha value is -1.80. The molecule has 3 rings (SSSR count). The van der Waals surface area contributed by atoms with Crippen LogP contribution in [0.2, 0.25) is 0 Å². The van der Waals surface area contributed by atoms with Gasteiger partial charge in [0, 0.05) is 18.8 Å². The summed E-state index contributed by atoms with van der Waals surface area (Å²) >= 11 is 0. The Balaban J connectivity index is 1.49. The van der Waals surface area contributed by atoms with E-state index in [4.69, 9.17) is 5.73 Å². The van der Waals surface area contributed by atoms with Gasteiger partial charge >= 0.3 is 0 Å². The van der Waals surface area contributed by atoms with Gasteiger partial charge in [-0.25, -0.2) is 0 Å². The number of anilines is 1. The van der Waals surface area contributed by atoms with Crippen molar-refractivity contribution in [3.63, 3.8) is 0 Å². The fourth-order valence-electron chi connectivity index (χ4n) is 3.19. The Bertz CT molecular complexity index is 565. The average molecular weight is 280 g/mol. The molecule has 0 bridgehead atoms. The highest BCUT2D eigenvalue weighted by Gasteiger charge is 2.12. The molecule has 0 atom stereocenters. The third-order valence-electron chi connectivity index (χ3n) is 4.40. The fraction of sp³-hybridized carbons (Fsp3) is 0.368. The molecule has 0 aromatic heterocycles. The normalized spacial score (nSPS) is 15.4. The minimum Gasteiger partial charge on any atom is -0.399 e. The van der Waals surface area contributed by atoms with Crippen LogP contribution < -0.4 is 5.73 Å². The van der Waals surface area contributed by atoms with Crippen LogP contribution in [0, 0.1) is 0 Å². The van der Waals surface area contributed by atoms with Crippen molar-refractivity contribution in [1.82, 2.24) is 4.90 Å².